The van der Waals surface area contributed by atoms with Crippen LogP contribution in [0, 0.1) is 23.3 Å². The maximum absolute atomic E-state index is 14.1. The van der Waals surface area contributed by atoms with Crippen molar-refractivity contribution < 1.29 is 59.2 Å². The quantitative estimate of drug-likeness (QED) is 0.208. The summed E-state index contributed by atoms with van der Waals surface area (Å²) >= 11 is 0. The molecule has 3 saturated heterocycles. The molecule has 4 amide bonds. The second-order valence-corrected chi connectivity index (χ2v) is 19.2. The SMILES string of the molecule is CC(C)(C)OC(=O)N[C@@H](CCS(=O)(=O)O)C(=O)N1CCN(c2ccc(F)cc2F)CC1.CC(C)(C)OC(=O)N[C@@H](CN1CCCCC1)C(=O)N1CCN(c2ccc(F)cc2F)CC1. The van der Waals surface area contributed by atoms with Gasteiger partial charge in [-0.1, -0.05) is 6.42 Å². The number of likely N-dealkylation sites (tertiary alicyclic amines) is 1. The number of benzene rings is 2. The number of carbonyl (C=O) groups excluding carboxylic acids is 4. The molecule has 0 aromatic heterocycles. The first-order chi connectivity index (χ1) is 29.4. The first-order valence-electron chi connectivity index (χ1n) is 21.0. The van der Waals surface area contributed by atoms with E-state index in [4.69, 9.17) is 14.0 Å². The van der Waals surface area contributed by atoms with Crippen molar-refractivity contribution in [1.29, 1.82) is 0 Å². The van der Waals surface area contributed by atoms with E-state index in [1.807, 2.05) is 0 Å². The van der Waals surface area contributed by atoms with Gasteiger partial charge in [-0.05, 0) is 98.2 Å². The number of nitrogens with one attached hydrogen (secondary N) is 2. The molecule has 3 heterocycles. The van der Waals surface area contributed by atoms with Gasteiger partial charge in [0.2, 0.25) is 11.8 Å². The lowest BCUT2D eigenvalue weighted by Crippen LogP contribution is -2.58. The molecule has 2 atom stereocenters. The van der Waals surface area contributed by atoms with E-state index in [2.05, 4.69) is 15.5 Å². The second kappa shape index (κ2) is 22.1. The van der Waals surface area contributed by atoms with Gasteiger partial charge in [-0.3, -0.25) is 14.1 Å². The second-order valence-electron chi connectivity index (χ2n) is 17.6. The summed E-state index contributed by atoms with van der Waals surface area (Å²) < 4.78 is 96.2. The van der Waals surface area contributed by atoms with Crippen LogP contribution in [0.5, 0.6) is 0 Å². The first-order valence-corrected chi connectivity index (χ1v) is 22.6. The number of piperazine rings is 2. The Morgan fingerprint density at radius 2 is 1.03 bits per heavy atom. The minimum absolute atomic E-state index is 0.166. The fourth-order valence-corrected chi connectivity index (χ4v) is 7.79. The summed E-state index contributed by atoms with van der Waals surface area (Å²) in [5.74, 6) is -4.06. The van der Waals surface area contributed by atoms with E-state index >= 15 is 0 Å². The van der Waals surface area contributed by atoms with Gasteiger partial charge < -0.3 is 44.6 Å². The molecular weight excluding hydrogens is 855 g/mol. The molecule has 3 N–H and O–H groups in total. The van der Waals surface area contributed by atoms with Gasteiger partial charge in [0.15, 0.2) is 0 Å². The number of anilines is 2. The number of rotatable bonds is 11. The van der Waals surface area contributed by atoms with Crippen LogP contribution in [0.25, 0.3) is 0 Å². The minimum Gasteiger partial charge on any atom is -0.444 e. The van der Waals surface area contributed by atoms with Crippen molar-refractivity contribution in [3.8, 4) is 0 Å². The molecule has 0 radical (unpaired) electrons. The molecule has 3 fully saturated rings. The van der Waals surface area contributed by atoms with Crippen LogP contribution in [-0.4, -0.2) is 153 Å². The van der Waals surface area contributed by atoms with Crippen LogP contribution in [0.4, 0.5) is 38.5 Å². The highest BCUT2D eigenvalue weighted by Gasteiger charge is 2.34. The Kier molecular flexibility index (Phi) is 17.8. The van der Waals surface area contributed by atoms with Gasteiger partial charge in [-0.25, -0.2) is 27.2 Å². The summed E-state index contributed by atoms with van der Waals surface area (Å²) in [6.45, 7) is 15.0. The Morgan fingerprint density at radius 1 is 0.635 bits per heavy atom. The number of piperidine rings is 1. The molecule has 0 unspecified atom stereocenters. The fourth-order valence-electron chi connectivity index (χ4n) is 7.26. The molecule has 0 spiro atoms. The smallest absolute Gasteiger partial charge is 0.408 e. The van der Waals surface area contributed by atoms with Crippen LogP contribution < -0.4 is 20.4 Å². The lowest BCUT2D eigenvalue weighted by Gasteiger charge is -2.39. The summed E-state index contributed by atoms with van der Waals surface area (Å²) in [5.41, 5.74) is -0.947. The Balaban J connectivity index is 0.000000277. The van der Waals surface area contributed by atoms with Crippen molar-refractivity contribution in [3.63, 3.8) is 0 Å². The molecule has 3 aliphatic rings. The first kappa shape index (κ1) is 50.8. The minimum atomic E-state index is -4.35. The van der Waals surface area contributed by atoms with Crippen molar-refractivity contribution in [3.05, 3.63) is 59.7 Å². The van der Waals surface area contributed by atoms with Gasteiger partial charge in [0.05, 0.1) is 17.1 Å². The average molecular weight is 916 g/mol. The van der Waals surface area contributed by atoms with E-state index in [0.717, 1.165) is 44.1 Å². The molecule has 0 bridgehead atoms. The fraction of sp³-hybridized carbons (Fsp3) is 0.619. The van der Waals surface area contributed by atoms with Crippen LogP contribution in [0.3, 0.4) is 0 Å². The molecule has 5 rings (SSSR count). The lowest BCUT2D eigenvalue weighted by atomic mass is 10.1. The highest BCUT2D eigenvalue weighted by atomic mass is 32.2. The molecule has 63 heavy (non-hydrogen) atoms. The van der Waals surface area contributed by atoms with E-state index in [0.29, 0.717) is 38.4 Å². The molecular formula is C42H61F4N7O9S. The van der Waals surface area contributed by atoms with Crippen LogP contribution >= 0.6 is 0 Å². The summed E-state index contributed by atoms with van der Waals surface area (Å²) in [6.07, 6.45) is 1.48. The Morgan fingerprint density at radius 3 is 1.41 bits per heavy atom. The number of amides is 4. The number of halogens is 4. The molecule has 16 nitrogen and oxygen atoms in total. The van der Waals surface area contributed by atoms with Crippen molar-refractivity contribution >= 4 is 45.5 Å². The molecule has 352 valence electrons. The highest BCUT2D eigenvalue weighted by molar-refractivity contribution is 7.85. The van der Waals surface area contributed by atoms with Crippen molar-refractivity contribution in [2.75, 3.05) is 87.5 Å². The normalized spacial score (nSPS) is 17.5. The summed E-state index contributed by atoms with van der Waals surface area (Å²) in [5, 5.41) is 5.13. The summed E-state index contributed by atoms with van der Waals surface area (Å²) in [7, 11) is -4.35. The maximum atomic E-state index is 14.1. The number of hydrogen-bond donors (Lipinski definition) is 3. The molecule has 0 aliphatic carbocycles. The van der Waals surface area contributed by atoms with Gasteiger partial charge in [0.1, 0.15) is 46.6 Å². The number of hydrogen-bond acceptors (Lipinski definition) is 11. The van der Waals surface area contributed by atoms with E-state index in [9.17, 15) is 45.2 Å². The van der Waals surface area contributed by atoms with Crippen molar-refractivity contribution in [2.24, 2.45) is 0 Å². The predicted octanol–water partition coefficient (Wildman–Crippen LogP) is 4.78. The van der Waals surface area contributed by atoms with Gasteiger partial charge in [0.25, 0.3) is 10.1 Å². The van der Waals surface area contributed by atoms with Gasteiger partial charge in [0, 0.05) is 71.0 Å². The standard InChI is InChI=1S/C23H34F2N4O3.C19H27F2N3O6S/c1-23(2,3)32-22(31)26-19(16-27-9-5-4-6-10-27)21(30)29-13-11-28(12-14-29)20-8-7-17(24)15-18(20)25;1-19(2,3)30-18(26)22-15(6-11-31(27,28)29)17(25)24-9-7-23(8-10-24)16-5-4-13(20)12-14(16)21/h7-8,15,19H,4-6,9-14,16H2,1-3H3,(H,26,31);4-5,12,15H,6-11H2,1-3H3,(H,22,26)(H,27,28,29)/t19-;15-/m00/s1. The molecule has 2 aromatic rings. The van der Waals surface area contributed by atoms with Crippen LogP contribution in [0.1, 0.15) is 67.2 Å². The third kappa shape index (κ3) is 17.0. The summed E-state index contributed by atoms with van der Waals surface area (Å²) in [4.78, 5) is 59.5. The van der Waals surface area contributed by atoms with Gasteiger partial charge in [-0.15, -0.1) is 0 Å². The zero-order valence-electron chi connectivity index (χ0n) is 36.8. The maximum Gasteiger partial charge on any atom is 0.408 e. The lowest BCUT2D eigenvalue weighted by molar-refractivity contribution is -0.134. The molecule has 0 saturated carbocycles. The van der Waals surface area contributed by atoms with E-state index in [1.54, 1.807) is 56.2 Å². The number of nitrogens with zero attached hydrogens (tertiary/aromatic N) is 5. The molecule has 3 aliphatic heterocycles. The Bertz CT molecular complexity index is 2000. The monoisotopic (exact) mass is 915 g/mol. The van der Waals surface area contributed by atoms with E-state index < -0.39 is 80.5 Å². The van der Waals surface area contributed by atoms with E-state index in [-0.39, 0.29) is 44.2 Å². The van der Waals surface area contributed by atoms with Gasteiger partial charge in [-0.2, -0.15) is 8.42 Å². The van der Waals surface area contributed by atoms with Crippen LogP contribution in [0.15, 0.2) is 36.4 Å². The topological polar surface area (TPSA) is 181 Å². The summed E-state index contributed by atoms with van der Waals surface area (Å²) in [6, 6.07) is 4.83. The number of carbonyl (C=O) groups is 4. The predicted molar refractivity (Wildman–Crippen MR) is 228 cm³/mol. The third-order valence-corrected chi connectivity index (χ3v) is 11.0. The van der Waals surface area contributed by atoms with E-state index in [1.165, 1.54) is 29.5 Å². The zero-order chi connectivity index (χ0) is 46.7. The van der Waals surface area contributed by atoms with Gasteiger partial charge >= 0.3 is 12.2 Å². The van der Waals surface area contributed by atoms with Crippen LogP contribution in [0.2, 0.25) is 0 Å². The number of alkyl carbamates (subject to hydrolysis) is 2. The Labute approximate surface area is 366 Å². The van der Waals surface area contributed by atoms with Crippen LogP contribution in [-0.2, 0) is 29.2 Å². The Hall–Kier alpha value is -4.89. The largest absolute Gasteiger partial charge is 0.444 e. The van der Waals surface area contributed by atoms with Crippen molar-refractivity contribution in [2.45, 2.75) is 90.5 Å². The zero-order valence-corrected chi connectivity index (χ0v) is 37.6. The average Bonchev–Trinajstić information content (AvgIpc) is 3.18. The third-order valence-electron chi connectivity index (χ3n) is 10.2. The molecule has 2 aromatic carbocycles. The highest BCUT2D eigenvalue weighted by Crippen LogP contribution is 2.24. The number of ether oxygens (including phenoxy) is 2. The van der Waals surface area contributed by atoms with Crippen molar-refractivity contribution in [1.82, 2.24) is 25.3 Å². The molecule has 21 heteroatoms.